The molecular formula is C13H11N3OS. The van der Waals surface area contributed by atoms with Gasteiger partial charge < -0.3 is 10.3 Å². The highest BCUT2D eigenvalue weighted by Crippen LogP contribution is 2.15. The van der Waals surface area contributed by atoms with E-state index in [2.05, 4.69) is 15.3 Å². The number of nitrogens with one attached hydrogen (secondary N) is 2. The number of fused-ring (bicyclic) bond motifs is 1. The summed E-state index contributed by atoms with van der Waals surface area (Å²) in [5.74, 6) is -0.0809. The monoisotopic (exact) mass is 257 g/mol. The molecule has 5 heteroatoms. The topological polar surface area (TPSA) is 57.8 Å². The van der Waals surface area contributed by atoms with Gasteiger partial charge in [-0.15, -0.1) is 11.3 Å². The molecule has 1 amide bonds. The molecule has 0 saturated carbocycles. The van der Waals surface area contributed by atoms with Gasteiger partial charge in [-0.05, 0) is 23.6 Å². The molecule has 0 atom stereocenters. The highest BCUT2D eigenvalue weighted by atomic mass is 32.1. The first kappa shape index (κ1) is 11.0. The van der Waals surface area contributed by atoms with Crippen molar-refractivity contribution in [3.63, 3.8) is 0 Å². The summed E-state index contributed by atoms with van der Waals surface area (Å²) in [6.45, 7) is 0.559. The van der Waals surface area contributed by atoms with Gasteiger partial charge in [-0.3, -0.25) is 4.79 Å². The molecule has 0 fully saturated rings. The number of aromatic amines is 1. The van der Waals surface area contributed by atoms with Crippen molar-refractivity contribution in [3.8, 4) is 0 Å². The average molecular weight is 257 g/mol. The number of amides is 1. The summed E-state index contributed by atoms with van der Waals surface area (Å²) < 4.78 is 0. The lowest BCUT2D eigenvalue weighted by Crippen LogP contribution is -2.21. The Morgan fingerprint density at radius 3 is 3.17 bits per heavy atom. The van der Waals surface area contributed by atoms with Crippen molar-refractivity contribution in [3.05, 3.63) is 52.5 Å². The number of aromatic nitrogens is 2. The summed E-state index contributed by atoms with van der Waals surface area (Å²) >= 11 is 1.63. The van der Waals surface area contributed by atoms with Gasteiger partial charge >= 0.3 is 0 Å². The maximum Gasteiger partial charge on any atom is 0.253 e. The molecule has 90 valence electrons. The van der Waals surface area contributed by atoms with Crippen molar-refractivity contribution < 1.29 is 4.79 Å². The van der Waals surface area contributed by atoms with Crippen molar-refractivity contribution >= 4 is 28.3 Å². The molecule has 0 aliphatic carbocycles. The van der Waals surface area contributed by atoms with Gasteiger partial charge in [-0.2, -0.15) is 0 Å². The van der Waals surface area contributed by atoms with E-state index in [1.807, 2.05) is 29.6 Å². The number of thiophene rings is 1. The molecule has 18 heavy (non-hydrogen) atoms. The molecule has 0 saturated heterocycles. The maximum absolute atomic E-state index is 12.1. The minimum atomic E-state index is -0.0809. The van der Waals surface area contributed by atoms with Crippen LogP contribution >= 0.6 is 11.3 Å². The van der Waals surface area contributed by atoms with Gasteiger partial charge in [0.15, 0.2) is 0 Å². The van der Waals surface area contributed by atoms with Crippen LogP contribution in [0.15, 0.2) is 42.0 Å². The number of hydrogen-bond donors (Lipinski definition) is 2. The largest absolute Gasteiger partial charge is 0.347 e. The Balaban J connectivity index is 1.80. The van der Waals surface area contributed by atoms with Crippen molar-refractivity contribution in [2.75, 3.05) is 0 Å². The van der Waals surface area contributed by atoms with Crippen LogP contribution in [0.2, 0.25) is 0 Å². The number of hydrogen-bond acceptors (Lipinski definition) is 3. The highest BCUT2D eigenvalue weighted by molar-refractivity contribution is 7.09. The second-order valence-electron chi connectivity index (χ2n) is 3.86. The molecule has 0 spiro atoms. The van der Waals surface area contributed by atoms with Crippen LogP contribution < -0.4 is 5.32 Å². The van der Waals surface area contributed by atoms with Crippen LogP contribution in [0.4, 0.5) is 0 Å². The minimum Gasteiger partial charge on any atom is -0.347 e. The summed E-state index contributed by atoms with van der Waals surface area (Å²) in [6, 6.07) is 7.69. The van der Waals surface area contributed by atoms with E-state index in [0.29, 0.717) is 12.1 Å². The lowest BCUT2D eigenvalue weighted by atomic mass is 10.2. The van der Waals surface area contributed by atoms with Gasteiger partial charge in [0.2, 0.25) is 0 Å². The maximum atomic E-state index is 12.1. The molecule has 4 nitrogen and oxygen atoms in total. The number of rotatable bonds is 3. The second kappa shape index (κ2) is 4.62. The van der Waals surface area contributed by atoms with E-state index < -0.39 is 0 Å². The van der Waals surface area contributed by atoms with E-state index in [1.54, 1.807) is 23.7 Å². The first-order valence-electron chi connectivity index (χ1n) is 5.57. The Morgan fingerprint density at radius 2 is 2.33 bits per heavy atom. The third-order valence-corrected chi connectivity index (χ3v) is 3.58. The minimum absolute atomic E-state index is 0.0809. The van der Waals surface area contributed by atoms with Crippen LogP contribution in [0, 0.1) is 0 Å². The van der Waals surface area contributed by atoms with Crippen molar-refractivity contribution in [2.45, 2.75) is 6.54 Å². The Morgan fingerprint density at radius 1 is 1.39 bits per heavy atom. The number of carbonyl (C=O) groups is 1. The van der Waals surface area contributed by atoms with E-state index >= 15 is 0 Å². The molecule has 0 aliphatic heterocycles. The van der Waals surface area contributed by atoms with Gasteiger partial charge in [-0.1, -0.05) is 6.07 Å². The zero-order chi connectivity index (χ0) is 12.4. The number of H-pyrrole nitrogens is 1. The Labute approximate surface area is 108 Å². The van der Waals surface area contributed by atoms with Crippen LogP contribution in [-0.2, 0) is 6.54 Å². The molecule has 0 bridgehead atoms. The predicted octanol–water partition coefficient (Wildman–Crippen LogP) is 2.55. The van der Waals surface area contributed by atoms with Gasteiger partial charge in [-0.25, -0.2) is 4.98 Å². The Hall–Kier alpha value is -2.14. The van der Waals surface area contributed by atoms with Crippen molar-refractivity contribution in [1.82, 2.24) is 15.3 Å². The van der Waals surface area contributed by atoms with Gasteiger partial charge in [0.25, 0.3) is 5.91 Å². The molecule has 0 radical (unpaired) electrons. The molecule has 0 unspecified atom stereocenters. The standard InChI is InChI=1S/C13H11N3OS/c17-13(16-7-9-3-2-6-18-9)11-8-15-12-10(11)4-1-5-14-12/h1-6,8H,7H2,(H,14,15)(H,16,17). The quantitative estimate of drug-likeness (QED) is 0.757. The summed E-state index contributed by atoms with van der Waals surface area (Å²) in [7, 11) is 0. The molecule has 0 aromatic carbocycles. The summed E-state index contributed by atoms with van der Waals surface area (Å²) in [5.41, 5.74) is 1.37. The summed E-state index contributed by atoms with van der Waals surface area (Å²) in [5, 5.41) is 5.75. The first-order valence-corrected chi connectivity index (χ1v) is 6.45. The van der Waals surface area contributed by atoms with Crippen molar-refractivity contribution in [1.29, 1.82) is 0 Å². The molecule has 2 N–H and O–H groups in total. The number of carbonyl (C=O) groups excluding carboxylic acids is 1. The van der Waals surface area contributed by atoms with Crippen LogP contribution in [-0.4, -0.2) is 15.9 Å². The Bertz CT molecular complexity index is 672. The fourth-order valence-corrected chi connectivity index (χ4v) is 2.46. The van der Waals surface area contributed by atoms with Crippen molar-refractivity contribution in [2.24, 2.45) is 0 Å². The zero-order valence-electron chi connectivity index (χ0n) is 9.51. The third-order valence-electron chi connectivity index (χ3n) is 2.70. The van der Waals surface area contributed by atoms with Gasteiger partial charge in [0.1, 0.15) is 5.65 Å². The zero-order valence-corrected chi connectivity index (χ0v) is 10.3. The smallest absolute Gasteiger partial charge is 0.253 e. The number of nitrogens with zero attached hydrogens (tertiary/aromatic N) is 1. The first-order chi connectivity index (χ1) is 8.84. The SMILES string of the molecule is O=C(NCc1cccs1)c1c[nH]c2ncccc12. The third kappa shape index (κ3) is 2.00. The molecule has 3 aromatic rings. The van der Waals surface area contributed by atoms with E-state index in [0.717, 1.165) is 15.9 Å². The molecular weight excluding hydrogens is 246 g/mol. The second-order valence-corrected chi connectivity index (χ2v) is 4.90. The summed E-state index contributed by atoms with van der Waals surface area (Å²) in [4.78, 5) is 20.4. The van der Waals surface area contributed by atoms with E-state index in [-0.39, 0.29) is 5.91 Å². The predicted molar refractivity (Wildman–Crippen MR) is 71.6 cm³/mol. The van der Waals surface area contributed by atoms with Crippen LogP contribution in [0.25, 0.3) is 11.0 Å². The van der Waals surface area contributed by atoms with Crippen LogP contribution in [0.1, 0.15) is 15.2 Å². The lowest BCUT2D eigenvalue weighted by Gasteiger charge is -2.02. The van der Waals surface area contributed by atoms with Crippen LogP contribution in [0.5, 0.6) is 0 Å². The average Bonchev–Trinajstić information content (AvgIpc) is 3.05. The van der Waals surface area contributed by atoms with Gasteiger partial charge in [0.05, 0.1) is 12.1 Å². The normalized spacial score (nSPS) is 10.7. The van der Waals surface area contributed by atoms with Crippen LogP contribution in [0.3, 0.4) is 0 Å². The fourth-order valence-electron chi connectivity index (χ4n) is 1.82. The lowest BCUT2D eigenvalue weighted by molar-refractivity contribution is 0.0953. The molecule has 3 rings (SSSR count). The number of pyridine rings is 1. The van der Waals surface area contributed by atoms with E-state index in [4.69, 9.17) is 0 Å². The van der Waals surface area contributed by atoms with Gasteiger partial charge in [0, 0.05) is 22.7 Å². The summed E-state index contributed by atoms with van der Waals surface area (Å²) in [6.07, 6.45) is 3.40. The van der Waals surface area contributed by atoms with E-state index in [1.165, 1.54) is 0 Å². The Kier molecular flexibility index (Phi) is 2.82. The highest BCUT2D eigenvalue weighted by Gasteiger charge is 2.11. The molecule has 0 aliphatic rings. The molecule has 3 heterocycles. The fraction of sp³-hybridized carbons (Fsp3) is 0.0769. The van der Waals surface area contributed by atoms with E-state index in [9.17, 15) is 4.79 Å². The molecule has 3 aromatic heterocycles.